The highest BCUT2D eigenvalue weighted by atomic mass is 79.9. The molecule has 102 valence electrons. The van der Waals surface area contributed by atoms with Crippen LogP contribution >= 0.6 is 27.3 Å². The van der Waals surface area contributed by atoms with E-state index < -0.39 is 0 Å². The Labute approximate surface area is 127 Å². The predicted molar refractivity (Wildman–Crippen MR) is 88.2 cm³/mol. The maximum absolute atomic E-state index is 3.58. The van der Waals surface area contributed by atoms with Gasteiger partial charge in [-0.2, -0.15) is 0 Å². The van der Waals surface area contributed by atoms with Gasteiger partial charge in [0.15, 0.2) is 0 Å². The highest BCUT2D eigenvalue weighted by molar-refractivity contribution is 9.09. The molecule has 1 aromatic heterocycles. The van der Waals surface area contributed by atoms with E-state index in [1.54, 1.807) is 0 Å². The molecule has 1 aliphatic heterocycles. The zero-order chi connectivity index (χ0) is 13.1. The summed E-state index contributed by atoms with van der Waals surface area (Å²) in [6.45, 7) is 3.67. The maximum atomic E-state index is 3.58. The Bertz CT molecular complexity index is 534. The molecule has 2 aromatic rings. The second kappa shape index (κ2) is 6.38. The number of halogens is 1. The van der Waals surface area contributed by atoms with Crippen LogP contribution < -0.4 is 0 Å². The lowest BCUT2D eigenvalue weighted by molar-refractivity contribution is 0.166. The summed E-state index contributed by atoms with van der Waals surface area (Å²) in [5.74, 6) is 0.887. The molecule has 1 unspecified atom stereocenters. The van der Waals surface area contributed by atoms with E-state index in [2.05, 4.69) is 50.5 Å². The van der Waals surface area contributed by atoms with Crippen LogP contribution in [0.5, 0.6) is 0 Å². The predicted octanol–water partition coefficient (Wildman–Crippen LogP) is 4.90. The largest absolute Gasteiger partial charge is 0.299 e. The monoisotopic (exact) mass is 337 g/mol. The lowest BCUT2D eigenvalue weighted by Crippen LogP contribution is -2.34. The molecule has 1 aromatic carbocycles. The zero-order valence-corrected chi connectivity index (χ0v) is 13.5. The van der Waals surface area contributed by atoms with Gasteiger partial charge in [0.2, 0.25) is 0 Å². The lowest BCUT2D eigenvalue weighted by atomic mass is 9.95. The summed E-state index contributed by atoms with van der Waals surface area (Å²) in [6.07, 6.45) is 4.09. The van der Waals surface area contributed by atoms with E-state index in [0.29, 0.717) is 0 Å². The van der Waals surface area contributed by atoms with E-state index in [4.69, 9.17) is 0 Å². The van der Waals surface area contributed by atoms with Crippen LogP contribution in [0, 0.1) is 5.92 Å². The molecule has 19 heavy (non-hydrogen) atoms. The third-order valence-electron chi connectivity index (χ3n) is 4.08. The van der Waals surface area contributed by atoms with Crippen molar-refractivity contribution in [2.24, 2.45) is 5.92 Å². The van der Waals surface area contributed by atoms with Crippen molar-refractivity contribution in [1.82, 2.24) is 4.90 Å². The number of alkyl halides is 1. The van der Waals surface area contributed by atoms with Gasteiger partial charge in [-0.15, -0.1) is 11.3 Å². The highest BCUT2D eigenvalue weighted by Gasteiger charge is 2.20. The van der Waals surface area contributed by atoms with Gasteiger partial charge in [0.1, 0.15) is 0 Å². The topological polar surface area (TPSA) is 3.24 Å². The van der Waals surface area contributed by atoms with Crippen molar-refractivity contribution in [3.63, 3.8) is 0 Å². The first-order valence-corrected chi connectivity index (χ1v) is 9.10. The van der Waals surface area contributed by atoms with Gasteiger partial charge >= 0.3 is 0 Å². The Morgan fingerprint density at radius 2 is 2.21 bits per heavy atom. The van der Waals surface area contributed by atoms with E-state index >= 15 is 0 Å². The van der Waals surface area contributed by atoms with Crippen molar-refractivity contribution in [3.05, 3.63) is 35.2 Å². The van der Waals surface area contributed by atoms with Gasteiger partial charge in [-0.3, -0.25) is 4.90 Å². The van der Waals surface area contributed by atoms with E-state index in [-0.39, 0.29) is 0 Å². The minimum atomic E-state index is 0.887. The molecule has 0 radical (unpaired) electrons. The van der Waals surface area contributed by atoms with Crippen LogP contribution in [-0.2, 0) is 6.54 Å². The molecule has 1 saturated heterocycles. The van der Waals surface area contributed by atoms with Crippen molar-refractivity contribution < 1.29 is 0 Å². The van der Waals surface area contributed by atoms with Crippen molar-refractivity contribution in [2.45, 2.75) is 25.8 Å². The third kappa shape index (κ3) is 3.21. The van der Waals surface area contributed by atoms with Crippen LogP contribution in [0.15, 0.2) is 29.6 Å². The zero-order valence-electron chi connectivity index (χ0n) is 11.1. The van der Waals surface area contributed by atoms with Gasteiger partial charge in [-0.25, -0.2) is 0 Å². The molecule has 1 nitrogen and oxygen atoms in total. The number of nitrogens with zero attached hydrogens (tertiary/aromatic N) is 1. The summed E-state index contributed by atoms with van der Waals surface area (Å²) in [5, 5.41) is 4.95. The van der Waals surface area contributed by atoms with Gasteiger partial charge in [0, 0.05) is 23.1 Å². The molecule has 0 amide bonds. The van der Waals surface area contributed by atoms with E-state index in [0.717, 1.165) is 17.8 Å². The van der Waals surface area contributed by atoms with Crippen LogP contribution in [-0.4, -0.2) is 23.3 Å². The first kappa shape index (κ1) is 13.6. The van der Waals surface area contributed by atoms with Crippen molar-refractivity contribution in [1.29, 1.82) is 0 Å². The van der Waals surface area contributed by atoms with Gasteiger partial charge < -0.3 is 0 Å². The number of likely N-dealkylation sites (tertiary alicyclic amines) is 1. The van der Waals surface area contributed by atoms with E-state index in [1.807, 2.05) is 11.3 Å². The Hall–Kier alpha value is -0.380. The van der Waals surface area contributed by atoms with Gasteiger partial charge in [0.25, 0.3) is 0 Å². The normalized spacial score (nSPS) is 21.0. The van der Waals surface area contributed by atoms with E-state index in [9.17, 15) is 0 Å². The number of hydrogen-bond donors (Lipinski definition) is 0. The smallest absolute Gasteiger partial charge is 0.0346 e. The van der Waals surface area contributed by atoms with Gasteiger partial charge in [-0.05, 0) is 54.1 Å². The van der Waals surface area contributed by atoms with Crippen LogP contribution in [0.25, 0.3) is 10.1 Å². The average molecular weight is 338 g/mol. The van der Waals surface area contributed by atoms with Gasteiger partial charge in [-0.1, -0.05) is 34.1 Å². The second-order valence-corrected chi connectivity index (χ2v) is 7.18. The van der Waals surface area contributed by atoms with Crippen LogP contribution in [0.2, 0.25) is 0 Å². The molecule has 2 heterocycles. The molecule has 3 rings (SSSR count). The minimum Gasteiger partial charge on any atom is -0.299 e. The molecular weight excluding hydrogens is 318 g/mol. The number of hydrogen-bond acceptors (Lipinski definition) is 2. The van der Waals surface area contributed by atoms with Gasteiger partial charge in [0.05, 0.1) is 0 Å². The Morgan fingerprint density at radius 3 is 3.11 bits per heavy atom. The van der Waals surface area contributed by atoms with Crippen molar-refractivity contribution in [3.8, 4) is 0 Å². The summed E-state index contributed by atoms with van der Waals surface area (Å²) in [5.41, 5.74) is 1.51. The third-order valence-corrected chi connectivity index (χ3v) is 5.55. The fourth-order valence-corrected chi connectivity index (χ4v) is 4.68. The second-order valence-electron chi connectivity index (χ2n) is 5.48. The Balaban J connectivity index is 1.70. The number of rotatable bonds is 4. The summed E-state index contributed by atoms with van der Waals surface area (Å²) < 4.78 is 1.42. The SMILES string of the molecule is BrCCC1CCCN(Cc2csc3ccccc23)C1. The summed E-state index contributed by atoms with van der Waals surface area (Å²) in [7, 11) is 0. The number of piperidine rings is 1. The first-order valence-electron chi connectivity index (χ1n) is 7.10. The highest BCUT2D eigenvalue weighted by Crippen LogP contribution is 2.28. The van der Waals surface area contributed by atoms with Crippen molar-refractivity contribution in [2.75, 3.05) is 18.4 Å². The number of benzene rings is 1. The Kier molecular flexibility index (Phi) is 4.57. The minimum absolute atomic E-state index is 0.887. The first-order chi connectivity index (χ1) is 9.36. The molecule has 0 saturated carbocycles. The standard InChI is InChI=1S/C16H20BrNS/c17-8-7-13-4-3-9-18(10-13)11-14-12-19-16-6-2-1-5-15(14)16/h1-2,5-6,12-13H,3-4,7-11H2. The summed E-state index contributed by atoms with van der Waals surface area (Å²) in [6, 6.07) is 8.78. The fourth-order valence-electron chi connectivity index (χ4n) is 3.08. The van der Waals surface area contributed by atoms with E-state index in [1.165, 1.54) is 48.0 Å². The average Bonchev–Trinajstić information content (AvgIpc) is 2.83. The van der Waals surface area contributed by atoms with Crippen LogP contribution in [0.4, 0.5) is 0 Å². The molecule has 0 bridgehead atoms. The molecule has 1 aliphatic rings. The fraction of sp³-hybridized carbons (Fsp3) is 0.500. The number of fused-ring (bicyclic) bond motifs is 1. The van der Waals surface area contributed by atoms with Crippen LogP contribution in [0.1, 0.15) is 24.8 Å². The number of thiophene rings is 1. The summed E-state index contributed by atoms with van der Waals surface area (Å²) in [4.78, 5) is 2.64. The quantitative estimate of drug-likeness (QED) is 0.717. The maximum Gasteiger partial charge on any atom is 0.0346 e. The molecule has 3 heteroatoms. The molecular formula is C16H20BrNS. The lowest BCUT2D eigenvalue weighted by Gasteiger charge is -2.32. The molecule has 0 spiro atoms. The molecule has 0 N–H and O–H groups in total. The molecule has 0 aliphatic carbocycles. The Morgan fingerprint density at radius 1 is 1.32 bits per heavy atom. The summed E-state index contributed by atoms with van der Waals surface area (Å²) >= 11 is 5.46. The molecule has 1 fully saturated rings. The molecule has 1 atom stereocenters. The van der Waals surface area contributed by atoms with Crippen molar-refractivity contribution >= 4 is 37.4 Å². The van der Waals surface area contributed by atoms with Crippen LogP contribution in [0.3, 0.4) is 0 Å².